The van der Waals surface area contributed by atoms with Crippen LogP contribution in [0.15, 0.2) is 48.5 Å². The maximum absolute atomic E-state index is 13.3. The minimum absolute atomic E-state index is 0.0197. The van der Waals surface area contributed by atoms with E-state index >= 15 is 0 Å². The normalized spacial score (nSPS) is 15.6. The number of sulfone groups is 1. The van der Waals surface area contributed by atoms with Crippen LogP contribution in [-0.2, 0) is 21.1 Å². The number of amides is 2. The average Bonchev–Trinajstić information content (AvgIpc) is 2.72. The van der Waals surface area contributed by atoms with Crippen LogP contribution in [-0.4, -0.2) is 57.0 Å². The van der Waals surface area contributed by atoms with Crippen molar-refractivity contribution in [2.24, 2.45) is 0 Å². The molecule has 0 spiro atoms. The van der Waals surface area contributed by atoms with Gasteiger partial charge in [0.15, 0.2) is 9.84 Å². The van der Waals surface area contributed by atoms with Crippen molar-refractivity contribution >= 4 is 27.5 Å². The van der Waals surface area contributed by atoms with Crippen molar-refractivity contribution in [2.45, 2.75) is 13.5 Å². The lowest BCUT2D eigenvalue weighted by molar-refractivity contribution is 0.0600. The molecule has 154 valence electrons. The van der Waals surface area contributed by atoms with E-state index in [1.54, 1.807) is 34.1 Å². The number of aryl methyl sites for hydroxylation is 1. The second-order valence-corrected chi connectivity index (χ2v) is 9.29. The number of carbonyl (C=O) groups excluding carboxylic acids is 2. The number of para-hydroxylation sites is 1. The highest BCUT2D eigenvalue weighted by molar-refractivity contribution is 7.91. The number of rotatable bonds is 4. The predicted octanol–water partition coefficient (Wildman–Crippen LogP) is 2.64. The van der Waals surface area contributed by atoms with Gasteiger partial charge in [0.05, 0.1) is 30.7 Å². The van der Waals surface area contributed by atoms with Crippen LogP contribution in [0.5, 0.6) is 0 Å². The summed E-state index contributed by atoms with van der Waals surface area (Å²) in [6, 6.07) is 14.2. The van der Waals surface area contributed by atoms with E-state index in [-0.39, 0.29) is 30.6 Å². The third-order valence-electron chi connectivity index (χ3n) is 4.97. The molecule has 29 heavy (non-hydrogen) atoms. The van der Waals surface area contributed by atoms with Gasteiger partial charge in [-0.3, -0.25) is 4.90 Å². The quantitative estimate of drug-likeness (QED) is 0.716. The van der Waals surface area contributed by atoms with Crippen molar-refractivity contribution in [3.05, 3.63) is 65.2 Å². The van der Waals surface area contributed by atoms with Crippen LogP contribution in [0.25, 0.3) is 0 Å². The van der Waals surface area contributed by atoms with Crippen molar-refractivity contribution in [3.8, 4) is 0 Å². The highest BCUT2D eigenvalue weighted by Gasteiger charge is 2.29. The molecule has 0 saturated carbocycles. The molecule has 8 heteroatoms. The van der Waals surface area contributed by atoms with E-state index in [4.69, 9.17) is 4.74 Å². The largest absolute Gasteiger partial charge is 0.465 e. The average molecular weight is 416 g/mol. The summed E-state index contributed by atoms with van der Waals surface area (Å²) in [6.07, 6.45) is 0. The van der Waals surface area contributed by atoms with E-state index in [0.29, 0.717) is 12.1 Å². The fraction of sp³-hybridized carbons (Fsp3) is 0.333. The number of methoxy groups -OCH3 is 1. The molecule has 3 rings (SSSR count). The Bertz CT molecular complexity index is 988. The Hall–Kier alpha value is -2.87. The molecule has 7 nitrogen and oxygen atoms in total. The number of urea groups is 1. The Kier molecular flexibility index (Phi) is 6.22. The first-order chi connectivity index (χ1) is 13.8. The van der Waals surface area contributed by atoms with Crippen LogP contribution >= 0.6 is 0 Å². The molecule has 0 N–H and O–H groups in total. The molecule has 0 aliphatic carbocycles. The van der Waals surface area contributed by atoms with Gasteiger partial charge in [0.25, 0.3) is 0 Å². The van der Waals surface area contributed by atoms with Gasteiger partial charge in [-0.15, -0.1) is 0 Å². The lowest BCUT2D eigenvalue weighted by Crippen LogP contribution is -2.50. The Morgan fingerprint density at radius 3 is 2.24 bits per heavy atom. The standard InChI is InChI=1S/C21H24N2O5S/c1-16-5-3-4-6-19(16)23(21(25)22-11-13-29(26,27)14-12-22)15-17-7-9-18(10-8-17)20(24)28-2/h3-10H,11-15H2,1-2H3. The minimum atomic E-state index is -3.08. The number of hydrogen-bond donors (Lipinski definition) is 0. The van der Waals surface area contributed by atoms with Crippen LogP contribution in [0.1, 0.15) is 21.5 Å². The molecule has 0 atom stereocenters. The molecular formula is C21H24N2O5S. The summed E-state index contributed by atoms with van der Waals surface area (Å²) in [4.78, 5) is 28.1. The summed E-state index contributed by atoms with van der Waals surface area (Å²) in [5, 5.41) is 0. The second-order valence-electron chi connectivity index (χ2n) is 6.98. The lowest BCUT2D eigenvalue weighted by atomic mass is 10.1. The Morgan fingerprint density at radius 2 is 1.66 bits per heavy atom. The fourth-order valence-electron chi connectivity index (χ4n) is 3.24. The fourth-order valence-corrected chi connectivity index (χ4v) is 4.44. The number of anilines is 1. The van der Waals surface area contributed by atoms with Gasteiger partial charge in [-0.05, 0) is 36.2 Å². The molecule has 1 fully saturated rings. The zero-order chi connectivity index (χ0) is 21.0. The van der Waals surface area contributed by atoms with Crippen molar-refractivity contribution in [1.29, 1.82) is 0 Å². The summed E-state index contributed by atoms with van der Waals surface area (Å²) >= 11 is 0. The third kappa shape index (κ3) is 4.95. The molecule has 1 heterocycles. The predicted molar refractivity (Wildman–Crippen MR) is 111 cm³/mol. The molecular weight excluding hydrogens is 392 g/mol. The molecule has 0 aromatic heterocycles. The summed E-state index contributed by atoms with van der Waals surface area (Å²) < 4.78 is 28.2. The molecule has 0 unspecified atom stereocenters. The first-order valence-corrected chi connectivity index (χ1v) is 11.1. The van der Waals surface area contributed by atoms with E-state index < -0.39 is 15.8 Å². The Labute approximate surface area is 170 Å². The third-order valence-corrected chi connectivity index (χ3v) is 6.58. The zero-order valence-corrected chi connectivity index (χ0v) is 17.3. The monoisotopic (exact) mass is 416 g/mol. The van der Waals surface area contributed by atoms with E-state index in [0.717, 1.165) is 16.8 Å². The van der Waals surface area contributed by atoms with Crippen LogP contribution in [0.3, 0.4) is 0 Å². The highest BCUT2D eigenvalue weighted by atomic mass is 32.2. The molecule has 2 aromatic carbocycles. The lowest BCUT2D eigenvalue weighted by Gasteiger charge is -2.33. The molecule has 1 aliphatic rings. The number of hydrogen-bond acceptors (Lipinski definition) is 5. The Morgan fingerprint density at radius 1 is 1.03 bits per heavy atom. The van der Waals surface area contributed by atoms with Gasteiger partial charge in [0.1, 0.15) is 0 Å². The van der Waals surface area contributed by atoms with E-state index in [1.807, 2.05) is 31.2 Å². The van der Waals surface area contributed by atoms with Gasteiger partial charge in [0, 0.05) is 18.8 Å². The van der Waals surface area contributed by atoms with Crippen molar-refractivity contribution in [1.82, 2.24) is 4.90 Å². The molecule has 2 aromatic rings. The first-order valence-electron chi connectivity index (χ1n) is 9.30. The van der Waals surface area contributed by atoms with Crippen LogP contribution in [0.4, 0.5) is 10.5 Å². The first kappa shape index (κ1) is 20.9. The molecule has 1 saturated heterocycles. The van der Waals surface area contributed by atoms with Gasteiger partial charge in [0.2, 0.25) is 0 Å². The molecule has 2 amide bonds. The van der Waals surface area contributed by atoms with Gasteiger partial charge in [-0.1, -0.05) is 30.3 Å². The van der Waals surface area contributed by atoms with Gasteiger partial charge < -0.3 is 9.64 Å². The minimum Gasteiger partial charge on any atom is -0.465 e. The molecule has 0 radical (unpaired) electrons. The van der Waals surface area contributed by atoms with Crippen LogP contribution in [0, 0.1) is 6.92 Å². The van der Waals surface area contributed by atoms with Crippen LogP contribution < -0.4 is 4.90 Å². The summed E-state index contributed by atoms with van der Waals surface area (Å²) in [5.74, 6) is -0.458. The molecule has 0 bridgehead atoms. The highest BCUT2D eigenvalue weighted by Crippen LogP contribution is 2.24. The van der Waals surface area contributed by atoms with E-state index in [9.17, 15) is 18.0 Å². The van der Waals surface area contributed by atoms with E-state index in [2.05, 4.69) is 0 Å². The van der Waals surface area contributed by atoms with Gasteiger partial charge >= 0.3 is 12.0 Å². The smallest absolute Gasteiger partial charge is 0.337 e. The SMILES string of the molecule is COC(=O)c1ccc(CN(C(=O)N2CCS(=O)(=O)CC2)c2ccccc2C)cc1. The summed E-state index contributed by atoms with van der Waals surface area (Å²) in [7, 11) is -1.75. The topological polar surface area (TPSA) is 84.0 Å². The van der Waals surface area contributed by atoms with Gasteiger partial charge in [-0.2, -0.15) is 0 Å². The maximum Gasteiger partial charge on any atom is 0.337 e. The van der Waals surface area contributed by atoms with Crippen molar-refractivity contribution < 1.29 is 22.7 Å². The Balaban J connectivity index is 1.87. The van der Waals surface area contributed by atoms with Crippen molar-refractivity contribution in [3.63, 3.8) is 0 Å². The second kappa shape index (κ2) is 8.65. The maximum atomic E-state index is 13.3. The van der Waals surface area contributed by atoms with E-state index in [1.165, 1.54) is 7.11 Å². The number of ether oxygens (including phenoxy) is 1. The number of nitrogens with zero attached hydrogens (tertiary/aromatic N) is 2. The van der Waals surface area contributed by atoms with Gasteiger partial charge in [-0.25, -0.2) is 18.0 Å². The number of benzene rings is 2. The summed E-state index contributed by atoms with van der Waals surface area (Å²) in [5.41, 5.74) is 2.99. The number of carbonyl (C=O) groups is 2. The zero-order valence-electron chi connectivity index (χ0n) is 16.5. The van der Waals surface area contributed by atoms with Crippen LogP contribution in [0.2, 0.25) is 0 Å². The number of esters is 1. The van der Waals surface area contributed by atoms with Crippen molar-refractivity contribution in [2.75, 3.05) is 36.6 Å². The molecule has 1 aliphatic heterocycles. The summed E-state index contributed by atoms with van der Waals surface area (Å²) in [6.45, 7) is 2.60.